The Morgan fingerprint density at radius 3 is 1.91 bits per heavy atom. The normalized spacial score (nSPS) is 13.2. The highest BCUT2D eigenvalue weighted by Crippen LogP contribution is 2.42. The molecule has 3 heterocycles. The van der Waals surface area contributed by atoms with Gasteiger partial charge in [-0.1, -0.05) is 97.0 Å². The third-order valence-corrected chi connectivity index (χ3v) is 11.0. The van der Waals surface area contributed by atoms with E-state index in [1.165, 1.54) is 0 Å². The predicted molar refractivity (Wildman–Crippen MR) is 233 cm³/mol. The maximum absolute atomic E-state index is 9.00. The smallest absolute Gasteiger partial charge is 0.136 e. The van der Waals surface area contributed by atoms with Crippen LogP contribution in [0.3, 0.4) is 0 Å². The maximum atomic E-state index is 9.00. The number of hydrogen-bond donors (Lipinski definition) is 0. The summed E-state index contributed by atoms with van der Waals surface area (Å²) >= 11 is 0. The first-order valence-corrected chi connectivity index (χ1v) is 18.6. The van der Waals surface area contributed by atoms with Crippen molar-refractivity contribution in [2.75, 3.05) is 4.90 Å². The summed E-state index contributed by atoms with van der Waals surface area (Å²) in [5, 5.41) is 8.47. The molecule has 0 N–H and O–H groups in total. The topological polar surface area (TPSA) is 34.5 Å². The van der Waals surface area contributed by atoms with Gasteiger partial charge in [0, 0.05) is 55.1 Å². The first kappa shape index (κ1) is 26.3. The molecule has 12 rings (SSSR count). The Kier molecular flexibility index (Phi) is 5.61. The monoisotopic (exact) mass is 721 g/mol. The lowest BCUT2D eigenvalue weighted by Gasteiger charge is -2.25. The number of para-hydroxylation sites is 4. The molecule has 0 unspecified atom stereocenters. The Hall–Kier alpha value is -7.56. The molecule has 0 aliphatic rings. The third kappa shape index (κ3) is 4.66. The van der Waals surface area contributed by atoms with Crippen molar-refractivity contribution in [3.8, 4) is 16.8 Å². The molecule has 4 nitrogen and oxygen atoms in total. The van der Waals surface area contributed by atoms with Gasteiger partial charge in [-0.3, -0.25) is 0 Å². The Bertz CT molecular complexity index is 3750. The fourth-order valence-electron chi connectivity index (χ4n) is 8.51. The number of aromatic nitrogens is 1. The molecule has 0 radical (unpaired) electrons. The summed E-state index contributed by atoms with van der Waals surface area (Å²) in [5.74, 6) is 0. The van der Waals surface area contributed by atoms with Crippen molar-refractivity contribution in [3.63, 3.8) is 0 Å². The van der Waals surface area contributed by atoms with Gasteiger partial charge in [-0.15, -0.1) is 0 Å². The van der Waals surface area contributed by atoms with Crippen molar-refractivity contribution in [2.45, 2.75) is 0 Å². The van der Waals surface area contributed by atoms with Gasteiger partial charge >= 0.3 is 0 Å². The minimum atomic E-state index is -0.440. The second-order valence-corrected chi connectivity index (χ2v) is 14.2. The highest BCUT2D eigenvalue weighted by Gasteiger charge is 2.19. The van der Waals surface area contributed by atoms with Crippen LogP contribution in [0.2, 0.25) is 0 Å². The third-order valence-electron chi connectivity index (χ3n) is 11.0. The maximum Gasteiger partial charge on any atom is 0.136 e. The summed E-state index contributed by atoms with van der Waals surface area (Å²) in [4.78, 5) is 1.74. The van der Waals surface area contributed by atoms with Crippen LogP contribution < -0.4 is 4.90 Å². The van der Waals surface area contributed by atoms with E-state index in [0.717, 1.165) is 87.7 Å². The molecule has 0 bridgehead atoms. The molecule has 0 aliphatic carbocycles. The molecular formula is C52H32N2O2. The molecule has 0 spiro atoms. The highest BCUT2D eigenvalue weighted by molar-refractivity contribution is 6.23. The summed E-state index contributed by atoms with van der Waals surface area (Å²) in [6.45, 7) is 0. The fourth-order valence-corrected chi connectivity index (χ4v) is 8.51. The Morgan fingerprint density at radius 1 is 0.411 bits per heavy atom. The van der Waals surface area contributed by atoms with Crippen molar-refractivity contribution < 1.29 is 15.7 Å². The van der Waals surface area contributed by atoms with Gasteiger partial charge in [0.25, 0.3) is 0 Å². The number of anilines is 3. The van der Waals surface area contributed by atoms with Crippen LogP contribution in [-0.2, 0) is 0 Å². The molecule has 0 saturated carbocycles. The molecule has 56 heavy (non-hydrogen) atoms. The van der Waals surface area contributed by atoms with Crippen LogP contribution in [-0.4, -0.2) is 4.57 Å². The van der Waals surface area contributed by atoms with Crippen LogP contribution in [0.25, 0.3) is 93.3 Å². The minimum Gasteiger partial charge on any atom is -0.456 e. The van der Waals surface area contributed by atoms with Crippen LogP contribution in [0.5, 0.6) is 0 Å². The van der Waals surface area contributed by atoms with Gasteiger partial charge in [-0.2, -0.15) is 0 Å². The largest absolute Gasteiger partial charge is 0.456 e. The fraction of sp³-hybridized carbons (Fsp3) is 0. The van der Waals surface area contributed by atoms with E-state index in [2.05, 4.69) is 83.4 Å². The molecule has 12 aromatic rings. The molecule has 0 amide bonds. The zero-order chi connectivity index (χ0) is 41.1. The molecule has 0 saturated heterocycles. The van der Waals surface area contributed by atoms with Gasteiger partial charge in [0.1, 0.15) is 22.3 Å². The van der Waals surface area contributed by atoms with E-state index in [-0.39, 0.29) is 17.8 Å². The predicted octanol–water partition coefficient (Wildman–Crippen LogP) is 14.9. The first-order valence-electron chi connectivity index (χ1n) is 21.1. The van der Waals surface area contributed by atoms with E-state index in [9.17, 15) is 0 Å². The summed E-state index contributed by atoms with van der Waals surface area (Å²) in [5.41, 5.74) is 9.73. The molecule has 262 valence electrons. The van der Waals surface area contributed by atoms with E-state index < -0.39 is 18.1 Å². The van der Waals surface area contributed by atoms with Gasteiger partial charge < -0.3 is 18.3 Å². The molecule has 9 aromatic carbocycles. The van der Waals surface area contributed by atoms with Gasteiger partial charge in [0.05, 0.1) is 17.9 Å². The quantitative estimate of drug-likeness (QED) is 0.177. The summed E-state index contributed by atoms with van der Waals surface area (Å²) in [6, 6.07) is 53.6. The van der Waals surface area contributed by atoms with Crippen molar-refractivity contribution in [1.29, 1.82) is 0 Å². The lowest BCUT2D eigenvalue weighted by Crippen LogP contribution is -2.09. The lowest BCUT2D eigenvalue weighted by atomic mass is 9.99. The van der Waals surface area contributed by atoms with Crippen LogP contribution in [0.1, 0.15) is 6.85 Å². The Labute approximate surface area is 328 Å². The van der Waals surface area contributed by atoms with Crippen LogP contribution in [0.4, 0.5) is 17.1 Å². The van der Waals surface area contributed by atoms with Crippen LogP contribution >= 0.6 is 0 Å². The number of furan rings is 2. The first-order chi connectivity index (χ1) is 29.8. The SMILES string of the molecule is [2H]c1c([2H])c([2H])c(N(c2ccc(-c3ccc4c(c3)c3cc5c(ccc6oc7ccccc7c65)cc3n4-c3ccccc3)cc2)c2ccc3oc4ccccc4c3c2)c([2H])c1[2H]. The Balaban J connectivity index is 1.04. The van der Waals surface area contributed by atoms with Crippen molar-refractivity contribution in [1.82, 2.24) is 4.57 Å². The standard InChI is InChI=1S/C52H32N2O2/c1-3-11-36(12-4-1)53(39-25-28-50-45(31-39)40-15-7-9-17-48(40)55-50)38-23-19-33(20-24-38)34-21-26-46-43(29-34)44-32-42-35(30-47(44)54(46)37-13-5-2-6-14-37)22-27-51-52(42)41-16-8-10-18-49(41)56-51/h1-32H/i1D,3D,4D,11D,12D. The number of benzene rings is 9. The number of hydrogen-bond acceptors (Lipinski definition) is 3. The molecule has 3 aromatic heterocycles. The van der Waals surface area contributed by atoms with Gasteiger partial charge in [0.2, 0.25) is 0 Å². The Morgan fingerprint density at radius 2 is 1.07 bits per heavy atom. The van der Waals surface area contributed by atoms with E-state index in [4.69, 9.17) is 15.7 Å². The van der Waals surface area contributed by atoms with E-state index in [0.29, 0.717) is 17.0 Å². The van der Waals surface area contributed by atoms with E-state index in [1.807, 2.05) is 84.9 Å². The summed E-state index contributed by atoms with van der Waals surface area (Å²) in [7, 11) is 0. The molecule has 0 aliphatic heterocycles. The number of rotatable bonds is 5. The van der Waals surface area contributed by atoms with Crippen molar-refractivity contribution in [2.24, 2.45) is 0 Å². The number of fused-ring (bicyclic) bond motifs is 11. The zero-order valence-corrected chi connectivity index (χ0v) is 29.8. The second kappa shape index (κ2) is 12.0. The number of nitrogens with zero attached hydrogens (tertiary/aromatic N) is 2. The molecule has 0 fully saturated rings. The van der Waals surface area contributed by atoms with Crippen LogP contribution in [0.15, 0.2) is 203 Å². The van der Waals surface area contributed by atoms with E-state index >= 15 is 0 Å². The second-order valence-electron chi connectivity index (χ2n) is 14.2. The zero-order valence-electron chi connectivity index (χ0n) is 34.8. The summed E-state index contributed by atoms with van der Waals surface area (Å²) in [6.07, 6.45) is 0. The molecular weight excluding hydrogens is 685 g/mol. The minimum absolute atomic E-state index is 0.0628. The van der Waals surface area contributed by atoms with Gasteiger partial charge in [-0.25, -0.2) is 0 Å². The summed E-state index contributed by atoms with van der Waals surface area (Å²) < 4.78 is 58.1. The molecule has 4 heteroatoms. The average molecular weight is 722 g/mol. The van der Waals surface area contributed by atoms with Gasteiger partial charge in [0.15, 0.2) is 0 Å². The molecule has 0 atom stereocenters. The van der Waals surface area contributed by atoms with Crippen molar-refractivity contribution in [3.05, 3.63) is 194 Å². The van der Waals surface area contributed by atoms with Gasteiger partial charge in [-0.05, 0) is 119 Å². The highest BCUT2D eigenvalue weighted by atomic mass is 16.3. The van der Waals surface area contributed by atoms with Crippen LogP contribution in [0, 0.1) is 0 Å². The lowest BCUT2D eigenvalue weighted by molar-refractivity contribution is 0.668. The van der Waals surface area contributed by atoms with E-state index in [1.54, 1.807) is 4.90 Å². The van der Waals surface area contributed by atoms with Crippen molar-refractivity contribution >= 4 is 93.5 Å². The average Bonchev–Trinajstić information content (AvgIpc) is 3.98.